The summed E-state index contributed by atoms with van der Waals surface area (Å²) >= 11 is 0. The summed E-state index contributed by atoms with van der Waals surface area (Å²) in [5.74, 6) is -2.46. The zero-order chi connectivity index (χ0) is 20.3. The number of hydrogen-bond donors (Lipinski definition) is 2. The quantitative estimate of drug-likeness (QED) is 0.792. The Balaban J connectivity index is 1.99. The van der Waals surface area contributed by atoms with Crippen LogP contribution in [0.2, 0.25) is 0 Å². The number of aliphatic carboxylic acids is 1. The van der Waals surface area contributed by atoms with Gasteiger partial charge in [0.05, 0.1) is 19.1 Å². The molecule has 3 atom stereocenters. The van der Waals surface area contributed by atoms with Gasteiger partial charge in [-0.1, -0.05) is 48.0 Å². The first kappa shape index (κ1) is 19.4. The van der Waals surface area contributed by atoms with Crippen LogP contribution in [-0.4, -0.2) is 41.1 Å². The third kappa shape index (κ3) is 3.83. The molecular formula is C21H22N2O5. The van der Waals surface area contributed by atoms with Crippen molar-refractivity contribution in [3.63, 3.8) is 0 Å². The molecule has 1 aliphatic rings. The van der Waals surface area contributed by atoms with Crippen molar-refractivity contribution < 1.29 is 24.2 Å². The lowest BCUT2D eigenvalue weighted by atomic mass is 9.93. The number of anilines is 1. The normalized spacial score (nSPS) is 21.2. The molecule has 0 radical (unpaired) electrons. The minimum absolute atomic E-state index is 0.0110. The van der Waals surface area contributed by atoms with Gasteiger partial charge >= 0.3 is 18.0 Å². The Morgan fingerprint density at radius 3 is 2.29 bits per heavy atom. The molecule has 7 nitrogen and oxygen atoms in total. The molecule has 2 amide bonds. The number of benzene rings is 2. The summed E-state index contributed by atoms with van der Waals surface area (Å²) in [7, 11) is 1.26. The molecule has 1 saturated heterocycles. The number of nitrogens with zero attached hydrogens (tertiary/aromatic N) is 1. The second kappa shape index (κ2) is 8.12. The predicted molar refractivity (Wildman–Crippen MR) is 103 cm³/mol. The van der Waals surface area contributed by atoms with Gasteiger partial charge in [0, 0.05) is 5.69 Å². The van der Waals surface area contributed by atoms with Crippen molar-refractivity contribution in [2.45, 2.75) is 25.4 Å². The number of likely N-dealkylation sites (tertiary alicyclic amines) is 1. The second-order valence-corrected chi connectivity index (χ2v) is 6.78. The van der Waals surface area contributed by atoms with E-state index < -0.39 is 36.0 Å². The van der Waals surface area contributed by atoms with Gasteiger partial charge in [-0.2, -0.15) is 0 Å². The number of carbonyl (C=O) groups excluding carboxylic acids is 2. The fourth-order valence-corrected chi connectivity index (χ4v) is 3.60. The zero-order valence-electron chi connectivity index (χ0n) is 15.7. The van der Waals surface area contributed by atoms with Crippen LogP contribution < -0.4 is 5.32 Å². The van der Waals surface area contributed by atoms with E-state index in [1.54, 1.807) is 36.4 Å². The van der Waals surface area contributed by atoms with E-state index >= 15 is 0 Å². The number of carboxylic acid groups (broad SMARTS) is 1. The van der Waals surface area contributed by atoms with Gasteiger partial charge < -0.3 is 20.1 Å². The molecule has 28 heavy (non-hydrogen) atoms. The lowest BCUT2D eigenvalue weighted by Crippen LogP contribution is -2.44. The second-order valence-electron chi connectivity index (χ2n) is 6.78. The summed E-state index contributed by atoms with van der Waals surface area (Å²) in [4.78, 5) is 38.5. The lowest BCUT2D eigenvalue weighted by molar-refractivity contribution is -0.146. The Bertz CT molecular complexity index is 866. The number of aryl methyl sites for hydroxylation is 1. The number of rotatable bonds is 4. The predicted octanol–water partition coefficient (Wildman–Crippen LogP) is 3.22. The van der Waals surface area contributed by atoms with Gasteiger partial charge in [-0.3, -0.25) is 4.79 Å². The fraction of sp³-hybridized carbons (Fsp3) is 0.286. The van der Waals surface area contributed by atoms with E-state index in [0.29, 0.717) is 11.3 Å². The molecule has 3 rings (SSSR count). The van der Waals surface area contributed by atoms with Gasteiger partial charge in [-0.15, -0.1) is 0 Å². The summed E-state index contributed by atoms with van der Waals surface area (Å²) < 4.78 is 4.88. The number of carbonyl (C=O) groups is 3. The molecule has 0 bridgehead atoms. The number of methoxy groups -OCH3 is 1. The Morgan fingerprint density at radius 1 is 1.07 bits per heavy atom. The molecule has 2 aromatic rings. The number of hydrogen-bond acceptors (Lipinski definition) is 4. The van der Waals surface area contributed by atoms with Gasteiger partial charge in [-0.25, -0.2) is 9.59 Å². The van der Waals surface area contributed by atoms with Crippen molar-refractivity contribution in [3.05, 3.63) is 65.7 Å². The van der Waals surface area contributed by atoms with Crippen molar-refractivity contribution in [3.8, 4) is 0 Å². The average molecular weight is 382 g/mol. The van der Waals surface area contributed by atoms with Crippen molar-refractivity contribution in [2.24, 2.45) is 5.92 Å². The van der Waals surface area contributed by atoms with Crippen LogP contribution >= 0.6 is 0 Å². The van der Waals surface area contributed by atoms with Gasteiger partial charge in [0.1, 0.15) is 6.04 Å². The molecule has 0 spiro atoms. The minimum atomic E-state index is -1.16. The molecular weight excluding hydrogens is 360 g/mol. The van der Waals surface area contributed by atoms with Crippen molar-refractivity contribution in [1.29, 1.82) is 0 Å². The fourth-order valence-electron chi connectivity index (χ4n) is 3.60. The third-order valence-corrected chi connectivity index (χ3v) is 4.96. The maximum Gasteiger partial charge on any atom is 0.326 e. The van der Waals surface area contributed by atoms with Crippen LogP contribution in [0, 0.1) is 12.8 Å². The smallest absolute Gasteiger partial charge is 0.326 e. The highest BCUT2D eigenvalue weighted by molar-refractivity contribution is 5.94. The maximum absolute atomic E-state index is 13.1. The van der Waals surface area contributed by atoms with E-state index in [2.05, 4.69) is 5.32 Å². The molecule has 1 aliphatic heterocycles. The number of nitrogens with one attached hydrogen (secondary N) is 1. The number of amides is 2. The summed E-state index contributed by atoms with van der Waals surface area (Å²) in [6.07, 6.45) is -0.0110. The molecule has 2 aromatic carbocycles. The first-order valence-electron chi connectivity index (χ1n) is 8.94. The van der Waals surface area contributed by atoms with Crippen molar-refractivity contribution in [1.82, 2.24) is 4.90 Å². The summed E-state index contributed by atoms with van der Waals surface area (Å²) in [5, 5.41) is 12.4. The highest BCUT2D eigenvalue weighted by atomic mass is 16.5. The lowest BCUT2D eigenvalue weighted by Gasteiger charge is -2.30. The average Bonchev–Trinajstić information content (AvgIpc) is 3.11. The van der Waals surface area contributed by atoms with E-state index in [-0.39, 0.29) is 6.42 Å². The SMILES string of the molecule is COC(=O)C1CC(C(=O)O)N(C(=O)Nc2ccc(C)cc2)C1c1ccccc1. The van der Waals surface area contributed by atoms with Crippen LogP contribution in [0.25, 0.3) is 0 Å². The zero-order valence-corrected chi connectivity index (χ0v) is 15.7. The molecule has 3 unspecified atom stereocenters. The number of urea groups is 1. The highest BCUT2D eigenvalue weighted by Crippen LogP contribution is 2.42. The standard InChI is InChI=1S/C21H22N2O5/c1-13-8-10-15(11-9-13)22-21(27)23-17(19(24)25)12-16(20(26)28-2)18(23)14-6-4-3-5-7-14/h3-11,16-18H,12H2,1-2H3,(H,22,27)(H,24,25). The summed E-state index contributed by atoms with van der Waals surface area (Å²) in [5.41, 5.74) is 2.27. The van der Waals surface area contributed by atoms with Gasteiger partial charge in [-0.05, 0) is 31.0 Å². The van der Waals surface area contributed by atoms with Crippen LogP contribution in [0.3, 0.4) is 0 Å². The first-order chi connectivity index (χ1) is 13.4. The highest BCUT2D eigenvalue weighted by Gasteiger charge is 2.51. The Hall–Kier alpha value is -3.35. The van der Waals surface area contributed by atoms with Crippen LogP contribution in [-0.2, 0) is 14.3 Å². The topological polar surface area (TPSA) is 95.9 Å². The van der Waals surface area contributed by atoms with Crippen LogP contribution in [0.15, 0.2) is 54.6 Å². The molecule has 0 aliphatic carbocycles. The third-order valence-electron chi connectivity index (χ3n) is 4.96. The Morgan fingerprint density at radius 2 is 1.71 bits per heavy atom. The van der Waals surface area contributed by atoms with Crippen LogP contribution in [0.4, 0.5) is 10.5 Å². The number of ether oxygens (including phenoxy) is 1. The van der Waals surface area contributed by atoms with E-state index in [0.717, 1.165) is 5.56 Å². The molecule has 7 heteroatoms. The first-order valence-corrected chi connectivity index (χ1v) is 8.94. The number of esters is 1. The number of carboxylic acids is 1. The monoisotopic (exact) mass is 382 g/mol. The van der Waals surface area contributed by atoms with Crippen LogP contribution in [0.5, 0.6) is 0 Å². The molecule has 2 N–H and O–H groups in total. The Labute approximate surface area is 162 Å². The molecule has 1 fully saturated rings. The molecule has 146 valence electrons. The molecule has 0 saturated carbocycles. The van der Waals surface area contributed by atoms with Crippen LogP contribution in [0.1, 0.15) is 23.6 Å². The largest absolute Gasteiger partial charge is 0.480 e. The summed E-state index contributed by atoms with van der Waals surface area (Å²) in [6, 6.07) is 13.7. The van der Waals surface area contributed by atoms with Gasteiger partial charge in [0.2, 0.25) is 0 Å². The van der Waals surface area contributed by atoms with E-state index in [1.807, 2.05) is 25.1 Å². The van der Waals surface area contributed by atoms with Crippen molar-refractivity contribution in [2.75, 3.05) is 12.4 Å². The van der Waals surface area contributed by atoms with Crippen molar-refractivity contribution >= 4 is 23.7 Å². The summed E-state index contributed by atoms with van der Waals surface area (Å²) in [6.45, 7) is 1.93. The molecule has 1 heterocycles. The molecule has 0 aromatic heterocycles. The van der Waals surface area contributed by atoms with Gasteiger partial charge in [0.25, 0.3) is 0 Å². The Kier molecular flexibility index (Phi) is 5.63. The maximum atomic E-state index is 13.1. The van der Waals surface area contributed by atoms with E-state index in [1.165, 1.54) is 12.0 Å². The van der Waals surface area contributed by atoms with E-state index in [9.17, 15) is 19.5 Å². The van der Waals surface area contributed by atoms with Gasteiger partial charge in [0.15, 0.2) is 0 Å². The minimum Gasteiger partial charge on any atom is -0.480 e. The van der Waals surface area contributed by atoms with E-state index in [4.69, 9.17) is 4.74 Å².